The first kappa shape index (κ1) is 16.8. The fourth-order valence-electron chi connectivity index (χ4n) is 2.93. The molecule has 2 rings (SSSR count). The second kappa shape index (κ2) is 8.16. The largest absolute Gasteiger partial charge is 0.496 e. The van der Waals surface area contributed by atoms with Gasteiger partial charge in [0.1, 0.15) is 5.75 Å². The quantitative estimate of drug-likeness (QED) is 0.839. The fourth-order valence-corrected chi connectivity index (χ4v) is 3.49. The molecule has 1 saturated heterocycles. The van der Waals surface area contributed by atoms with E-state index in [9.17, 15) is 0 Å². The van der Waals surface area contributed by atoms with Gasteiger partial charge in [-0.05, 0) is 52.4 Å². The van der Waals surface area contributed by atoms with Crippen LogP contribution in [-0.2, 0) is 0 Å². The SMILES string of the molecule is COc1ccc([C@@H](CCC(C)C)N2CCNCC2)cc1Br. The molecule has 21 heavy (non-hydrogen) atoms. The summed E-state index contributed by atoms with van der Waals surface area (Å²) >= 11 is 3.62. The molecule has 0 aliphatic carbocycles. The molecule has 1 aromatic carbocycles. The van der Waals surface area contributed by atoms with Gasteiger partial charge < -0.3 is 10.1 Å². The predicted molar refractivity (Wildman–Crippen MR) is 91.9 cm³/mol. The third kappa shape index (κ3) is 4.70. The minimum atomic E-state index is 0.511. The zero-order valence-electron chi connectivity index (χ0n) is 13.4. The summed E-state index contributed by atoms with van der Waals surface area (Å²) in [6, 6.07) is 7.03. The second-order valence-electron chi connectivity index (χ2n) is 6.17. The van der Waals surface area contributed by atoms with Gasteiger partial charge in [0.25, 0.3) is 0 Å². The number of benzene rings is 1. The molecule has 4 heteroatoms. The molecule has 1 heterocycles. The van der Waals surface area contributed by atoms with Crippen LogP contribution in [0.25, 0.3) is 0 Å². The van der Waals surface area contributed by atoms with Gasteiger partial charge in [-0.1, -0.05) is 19.9 Å². The summed E-state index contributed by atoms with van der Waals surface area (Å²) < 4.78 is 6.40. The molecule has 1 aliphatic rings. The summed E-state index contributed by atoms with van der Waals surface area (Å²) in [7, 11) is 1.71. The maximum Gasteiger partial charge on any atom is 0.133 e. The van der Waals surface area contributed by atoms with Crippen LogP contribution in [0.15, 0.2) is 22.7 Å². The monoisotopic (exact) mass is 354 g/mol. The molecule has 1 atom stereocenters. The van der Waals surface area contributed by atoms with E-state index in [2.05, 4.69) is 58.2 Å². The maximum absolute atomic E-state index is 5.35. The Morgan fingerprint density at radius 3 is 2.52 bits per heavy atom. The van der Waals surface area contributed by atoms with Crippen molar-refractivity contribution in [2.24, 2.45) is 5.92 Å². The Balaban J connectivity index is 2.18. The van der Waals surface area contributed by atoms with Crippen LogP contribution in [0.4, 0.5) is 0 Å². The molecule has 0 bridgehead atoms. The van der Waals surface area contributed by atoms with Crippen LogP contribution >= 0.6 is 15.9 Å². The van der Waals surface area contributed by atoms with Crippen LogP contribution in [0.2, 0.25) is 0 Å². The number of methoxy groups -OCH3 is 1. The molecule has 0 spiro atoms. The fraction of sp³-hybridized carbons (Fsp3) is 0.647. The average molecular weight is 355 g/mol. The predicted octanol–water partition coefficient (Wildman–Crippen LogP) is 3.84. The van der Waals surface area contributed by atoms with Crippen molar-refractivity contribution in [3.05, 3.63) is 28.2 Å². The molecule has 1 aromatic rings. The molecule has 0 radical (unpaired) electrons. The van der Waals surface area contributed by atoms with Crippen molar-refractivity contribution in [3.63, 3.8) is 0 Å². The van der Waals surface area contributed by atoms with Crippen molar-refractivity contribution in [2.75, 3.05) is 33.3 Å². The highest BCUT2D eigenvalue weighted by Gasteiger charge is 2.22. The molecule has 1 fully saturated rings. The van der Waals surface area contributed by atoms with Crippen LogP contribution in [-0.4, -0.2) is 38.2 Å². The van der Waals surface area contributed by atoms with Gasteiger partial charge in [-0.15, -0.1) is 0 Å². The molecule has 0 saturated carbocycles. The Labute approximate surface area is 137 Å². The molecule has 3 nitrogen and oxygen atoms in total. The van der Waals surface area contributed by atoms with Crippen molar-refractivity contribution in [1.29, 1.82) is 0 Å². The van der Waals surface area contributed by atoms with Crippen molar-refractivity contribution < 1.29 is 4.74 Å². The summed E-state index contributed by atoms with van der Waals surface area (Å²) in [5.74, 6) is 1.65. The first-order valence-corrected chi connectivity index (χ1v) is 8.69. The Morgan fingerprint density at radius 1 is 1.24 bits per heavy atom. The number of piperazine rings is 1. The molecular weight excluding hydrogens is 328 g/mol. The van der Waals surface area contributed by atoms with Crippen molar-refractivity contribution in [1.82, 2.24) is 10.2 Å². The Hall–Kier alpha value is -0.580. The van der Waals surface area contributed by atoms with E-state index in [1.54, 1.807) is 7.11 Å². The molecular formula is C17H27BrN2O. The maximum atomic E-state index is 5.35. The van der Waals surface area contributed by atoms with E-state index in [1.807, 2.05) is 0 Å². The highest BCUT2D eigenvalue weighted by Crippen LogP contribution is 2.33. The van der Waals surface area contributed by atoms with Gasteiger partial charge in [-0.3, -0.25) is 4.90 Å². The van der Waals surface area contributed by atoms with Crippen molar-refractivity contribution in [2.45, 2.75) is 32.7 Å². The second-order valence-corrected chi connectivity index (χ2v) is 7.02. The lowest BCUT2D eigenvalue weighted by molar-refractivity contribution is 0.159. The highest BCUT2D eigenvalue weighted by molar-refractivity contribution is 9.10. The van der Waals surface area contributed by atoms with Crippen LogP contribution in [0.3, 0.4) is 0 Å². The molecule has 0 aromatic heterocycles. The van der Waals surface area contributed by atoms with E-state index in [0.717, 1.165) is 42.3 Å². The lowest BCUT2D eigenvalue weighted by Crippen LogP contribution is -2.45. The topological polar surface area (TPSA) is 24.5 Å². The number of rotatable bonds is 6. The van der Waals surface area contributed by atoms with Gasteiger partial charge >= 0.3 is 0 Å². The Bertz CT molecular complexity index is 444. The lowest BCUT2D eigenvalue weighted by atomic mass is 9.95. The summed E-state index contributed by atoms with van der Waals surface area (Å²) in [5.41, 5.74) is 1.39. The minimum Gasteiger partial charge on any atom is -0.496 e. The third-order valence-corrected chi connectivity index (χ3v) is 4.79. The van der Waals surface area contributed by atoms with Crippen LogP contribution < -0.4 is 10.1 Å². The van der Waals surface area contributed by atoms with Gasteiger partial charge in [-0.25, -0.2) is 0 Å². The Morgan fingerprint density at radius 2 is 1.95 bits per heavy atom. The normalized spacial score (nSPS) is 18.0. The van der Waals surface area contributed by atoms with Gasteiger partial charge in [0.05, 0.1) is 11.6 Å². The van der Waals surface area contributed by atoms with Gasteiger partial charge in [0.15, 0.2) is 0 Å². The van der Waals surface area contributed by atoms with Gasteiger partial charge in [0.2, 0.25) is 0 Å². The molecule has 1 N–H and O–H groups in total. The number of hydrogen-bond donors (Lipinski definition) is 1. The third-order valence-electron chi connectivity index (χ3n) is 4.17. The van der Waals surface area contributed by atoms with E-state index in [4.69, 9.17) is 4.74 Å². The van der Waals surface area contributed by atoms with Crippen LogP contribution in [0, 0.1) is 5.92 Å². The van der Waals surface area contributed by atoms with E-state index in [1.165, 1.54) is 18.4 Å². The van der Waals surface area contributed by atoms with Crippen LogP contribution in [0.1, 0.15) is 38.3 Å². The zero-order chi connectivity index (χ0) is 15.2. The summed E-state index contributed by atoms with van der Waals surface area (Å²) in [5, 5.41) is 3.44. The van der Waals surface area contributed by atoms with E-state index < -0.39 is 0 Å². The molecule has 118 valence electrons. The summed E-state index contributed by atoms with van der Waals surface area (Å²) in [6.45, 7) is 9.06. The smallest absolute Gasteiger partial charge is 0.133 e. The number of ether oxygens (including phenoxy) is 1. The first-order valence-electron chi connectivity index (χ1n) is 7.90. The van der Waals surface area contributed by atoms with Gasteiger partial charge in [0, 0.05) is 32.2 Å². The zero-order valence-corrected chi connectivity index (χ0v) is 14.9. The van der Waals surface area contributed by atoms with Crippen molar-refractivity contribution in [3.8, 4) is 5.75 Å². The number of hydrogen-bond acceptors (Lipinski definition) is 3. The standard InChI is InChI=1S/C17H27BrN2O/c1-13(2)4-6-16(20-10-8-19-9-11-20)14-5-7-17(21-3)15(18)12-14/h5,7,12-13,16,19H,4,6,8-11H2,1-3H3/t16-/m1/s1. The molecule has 0 amide bonds. The molecule has 0 unspecified atom stereocenters. The van der Waals surface area contributed by atoms with Crippen molar-refractivity contribution >= 4 is 15.9 Å². The van der Waals surface area contributed by atoms with E-state index >= 15 is 0 Å². The highest BCUT2D eigenvalue weighted by atomic mass is 79.9. The Kier molecular flexibility index (Phi) is 6.52. The van der Waals surface area contributed by atoms with E-state index in [0.29, 0.717) is 6.04 Å². The number of nitrogens with zero attached hydrogens (tertiary/aromatic N) is 1. The summed E-state index contributed by atoms with van der Waals surface area (Å²) in [4.78, 5) is 2.62. The van der Waals surface area contributed by atoms with E-state index in [-0.39, 0.29) is 0 Å². The minimum absolute atomic E-state index is 0.511. The number of nitrogens with one attached hydrogen (secondary N) is 1. The first-order chi connectivity index (χ1) is 10.1. The lowest BCUT2D eigenvalue weighted by Gasteiger charge is -2.36. The number of halogens is 1. The van der Waals surface area contributed by atoms with Gasteiger partial charge in [-0.2, -0.15) is 0 Å². The molecule has 1 aliphatic heterocycles. The summed E-state index contributed by atoms with van der Waals surface area (Å²) in [6.07, 6.45) is 2.48. The van der Waals surface area contributed by atoms with Crippen LogP contribution in [0.5, 0.6) is 5.75 Å². The average Bonchev–Trinajstić information content (AvgIpc) is 2.48.